The molecule has 0 aliphatic heterocycles. The molecule has 4 N–H and O–H groups in total. The van der Waals surface area contributed by atoms with Gasteiger partial charge in [0, 0.05) is 23.8 Å². The van der Waals surface area contributed by atoms with Crippen molar-refractivity contribution in [1.29, 1.82) is 0 Å². The Labute approximate surface area is 147 Å². The number of amides is 2. The van der Waals surface area contributed by atoms with Gasteiger partial charge in [0.05, 0.1) is 17.6 Å². The molecule has 0 unspecified atom stereocenters. The standard InChI is InChI=1S/C16H23N5O3S/c1-10-5-6-13(21-25(4,23)24)9-15(10)18-16(22)17-11(2)7-14-8-12(3)19-20-14/h5-6,8-9,11,21H,7H2,1-4H3,(H,19,20)(H2,17,18,22)/t11-/m1/s1. The highest BCUT2D eigenvalue weighted by Crippen LogP contribution is 2.21. The van der Waals surface area contributed by atoms with Gasteiger partial charge in [0.25, 0.3) is 0 Å². The van der Waals surface area contributed by atoms with Crippen LogP contribution in [0.1, 0.15) is 23.9 Å². The molecule has 1 heterocycles. The van der Waals surface area contributed by atoms with Gasteiger partial charge >= 0.3 is 6.03 Å². The number of rotatable bonds is 6. The van der Waals surface area contributed by atoms with Gasteiger partial charge in [-0.1, -0.05) is 6.07 Å². The molecule has 8 nitrogen and oxygen atoms in total. The minimum atomic E-state index is -3.38. The number of nitrogens with zero attached hydrogens (tertiary/aromatic N) is 1. The monoisotopic (exact) mass is 365 g/mol. The van der Waals surface area contributed by atoms with E-state index in [0.29, 0.717) is 17.8 Å². The van der Waals surface area contributed by atoms with Crippen molar-refractivity contribution >= 4 is 27.4 Å². The van der Waals surface area contributed by atoms with Gasteiger partial charge in [0.1, 0.15) is 0 Å². The number of aromatic nitrogens is 2. The number of hydrogen-bond donors (Lipinski definition) is 4. The first-order valence-electron chi connectivity index (χ1n) is 7.79. The average molecular weight is 365 g/mol. The molecule has 25 heavy (non-hydrogen) atoms. The van der Waals surface area contributed by atoms with Crippen LogP contribution in [-0.2, 0) is 16.4 Å². The molecule has 2 amide bonds. The number of sulfonamides is 1. The van der Waals surface area contributed by atoms with Crippen LogP contribution >= 0.6 is 0 Å². The van der Waals surface area contributed by atoms with E-state index >= 15 is 0 Å². The topological polar surface area (TPSA) is 116 Å². The Hall–Kier alpha value is -2.55. The second kappa shape index (κ2) is 7.56. The van der Waals surface area contributed by atoms with Crippen molar-refractivity contribution < 1.29 is 13.2 Å². The first-order chi connectivity index (χ1) is 11.6. The Balaban J connectivity index is 1.98. The van der Waals surface area contributed by atoms with Gasteiger partial charge in [0.15, 0.2) is 0 Å². The third kappa shape index (κ3) is 6.11. The Kier molecular flexibility index (Phi) is 5.68. The second-order valence-electron chi connectivity index (χ2n) is 6.15. The predicted octanol–water partition coefficient (Wildman–Crippen LogP) is 2.15. The summed E-state index contributed by atoms with van der Waals surface area (Å²) in [5, 5.41) is 12.6. The molecule has 0 fully saturated rings. The molecule has 0 saturated carbocycles. The fourth-order valence-corrected chi connectivity index (χ4v) is 2.92. The van der Waals surface area contributed by atoms with Crippen LogP contribution in [0.4, 0.5) is 16.2 Å². The van der Waals surface area contributed by atoms with Gasteiger partial charge in [-0.3, -0.25) is 9.82 Å². The fraction of sp³-hybridized carbons (Fsp3) is 0.375. The number of nitrogens with one attached hydrogen (secondary N) is 4. The van der Waals surface area contributed by atoms with Crippen molar-refractivity contribution in [3.8, 4) is 0 Å². The number of carbonyl (C=O) groups is 1. The van der Waals surface area contributed by atoms with E-state index < -0.39 is 10.0 Å². The smallest absolute Gasteiger partial charge is 0.319 e. The third-order valence-electron chi connectivity index (χ3n) is 3.44. The Morgan fingerprint density at radius 1 is 1.28 bits per heavy atom. The summed E-state index contributed by atoms with van der Waals surface area (Å²) in [6.45, 7) is 5.63. The van der Waals surface area contributed by atoms with Crippen LogP contribution in [-0.4, -0.2) is 36.9 Å². The fourth-order valence-electron chi connectivity index (χ4n) is 2.36. The molecular formula is C16H23N5O3S. The van der Waals surface area contributed by atoms with Crippen LogP contribution in [0, 0.1) is 13.8 Å². The van der Waals surface area contributed by atoms with E-state index in [1.807, 2.05) is 26.8 Å². The van der Waals surface area contributed by atoms with Crippen molar-refractivity contribution in [3.05, 3.63) is 41.2 Å². The number of benzene rings is 1. The second-order valence-corrected chi connectivity index (χ2v) is 7.90. The van der Waals surface area contributed by atoms with Crippen LogP contribution in [0.15, 0.2) is 24.3 Å². The summed E-state index contributed by atoms with van der Waals surface area (Å²) in [6, 6.07) is 6.42. The highest BCUT2D eigenvalue weighted by molar-refractivity contribution is 7.92. The van der Waals surface area contributed by atoms with E-state index in [9.17, 15) is 13.2 Å². The largest absolute Gasteiger partial charge is 0.335 e. The van der Waals surface area contributed by atoms with Crippen molar-refractivity contribution in [2.24, 2.45) is 0 Å². The van der Waals surface area contributed by atoms with E-state index in [1.165, 1.54) is 0 Å². The molecule has 1 aromatic carbocycles. The van der Waals surface area contributed by atoms with Gasteiger partial charge in [-0.2, -0.15) is 5.10 Å². The lowest BCUT2D eigenvalue weighted by molar-refractivity contribution is 0.249. The lowest BCUT2D eigenvalue weighted by Gasteiger charge is -2.15. The van der Waals surface area contributed by atoms with Crippen LogP contribution < -0.4 is 15.4 Å². The summed E-state index contributed by atoms with van der Waals surface area (Å²) in [5.41, 5.74) is 3.60. The molecule has 0 saturated heterocycles. The van der Waals surface area contributed by atoms with Crippen molar-refractivity contribution in [2.75, 3.05) is 16.3 Å². The maximum Gasteiger partial charge on any atom is 0.319 e. The van der Waals surface area contributed by atoms with Gasteiger partial charge in [-0.25, -0.2) is 13.2 Å². The SMILES string of the molecule is Cc1cc(C[C@@H](C)NC(=O)Nc2cc(NS(C)(=O)=O)ccc2C)n[nH]1. The molecule has 2 aromatic rings. The number of carbonyl (C=O) groups excluding carboxylic acids is 1. The van der Waals surface area contributed by atoms with Gasteiger partial charge in [-0.05, 0) is 44.5 Å². The maximum absolute atomic E-state index is 12.2. The summed E-state index contributed by atoms with van der Waals surface area (Å²) >= 11 is 0. The Morgan fingerprint density at radius 2 is 2.00 bits per heavy atom. The molecule has 0 bridgehead atoms. The summed E-state index contributed by atoms with van der Waals surface area (Å²) in [6.07, 6.45) is 1.68. The predicted molar refractivity (Wildman–Crippen MR) is 98.3 cm³/mol. The molecule has 9 heteroatoms. The first-order valence-corrected chi connectivity index (χ1v) is 9.68. The first kappa shape index (κ1) is 18.8. The van der Waals surface area contributed by atoms with Gasteiger partial charge < -0.3 is 10.6 Å². The van der Waals surface area contributed by atoms with E-state index in [-0.39, 0.29) is 12.1 Å². The van der Waals surface area contributed by atoms with E-state index in [2.05, 4.69) is 25.6 Å². The molecule has 2 rings (SSSR count). The lowest BCUT2D eigenvalue weighted by Crippen LogP contribution is -2.37. The molecule has 1 aromatic heterocycles. The van der Waals surface area contributed by atoms with Crippen molar-refractivity contribution in [2.45, 2.75) is 33.2 Å². The lowest BCUT2D eigenvalue weighted by atomic mass is 10.1. The molecule has 0 aliphatic rings. The Bertz CT molecular complexity index is 860. The number of anilines is 2. The number of urea groups is 1. The van der Waals surface area contributed by atoms with Gasteiger partial charge in [-0.15, -0.1) is 0 Å². The van der Waals surface area contributed by atoms with Crippen molar-refractivity contribution in [1.82, 2.24) is 15.5 Å². The van der Waals surface area contributed by atoms with Crippen LogP contribution in [0.25, 0.3) is 0 Å². The summed E-state index contributed by atoms with van der Waals surface area (Å²) < 4.78 is 25.0. The Morgan fingerprint density at radius 3 is 2.60 bits per heavy atom. The number of aromatic amines is 1. The van der Waals surface area contributed by atoms with E-state index in [1.54, 1.807) is 18.2 Å². The maximum atomic E-state index is 12.2. The normalized spacial score (nSPS) is 12.5. The number of H-pyrrole nitrogens is 1. The summed E-state index contributed by atoms with van der Waals surface area (Å²) in [7, 11) is -3.38. The molecule has 0 radical (unpaired) electrons. The van der Waals surface area contributed by atoms with Gasteiger partial charge in [0.2, 0.25) is 10.0 Å². The quantitative estimate of drug-likeness (QED) is 0.627. The molecule has 0 spiro atoms. The number of hydrogen-bond acceptors (Lipinski definition) is 4. The number of aryl methyl sites for hydroxylation is 2. The summed E-state index contributed by atoms with van der Waals surface area (Å²) in [5.74, 6) is 0. The van der Waals surface area contributed by atoms with Crippen LogP contribution in [0.5, 0.6) is 0 Å². The summed E-state index contributed by atoms with van der Waals surface area (Å²) in [4.78, 5) is 12.2. The average Bonchev–Trinajstić information content (AvgIpc) is 2.85. The van der Waals surface area contributed by atoms with Crippen LogP contribution in [0.3, 0.4) is 0 Å². The zero-order valence-corrected chi connectivity index (χ0v) is 15.5. The molecule has 0 aliphatic carbocycles. The zero-order valence-electron chi connectivity index (χ0n) is 14.7. The van der Waals surface area contributed by atoms with Crippen molar-refractivity contribution in [3.63, 3.8) is 0 Å². The third-order valence-corrected chi connectivity index (χ3v) is 4.05. The molecule has 1 atom stereocenters. The highest BCUT2D eigenvalue weighted by Gasteiger charge is 2.12. The molecule has 136 valence electrons. The highest BCUT2D eigenvalue weighted by atomic mass is 32.2. The minimum absolute atomic E-state index is 0.111. The van der Waals surface area contributed by atoms with E-state index in [0.717, 1.165) is 23.2 Å². The molecular weight excluding hydrogens is 342 g/mol. The van der Waals surface area contributed by atoms with Crippen LogP contribution in [0.2, 0.25) is 0 Å². The zero-order chi connectivity index (χ0) is 18.6. The van der Waals surface area contributed by atoms with E-state index in [4.69, 9.17) is 0 Å². The minimum Gasteiger partial charge on any atom is -0.335 e.